The molecule has 2 atom stereocenters. The van der Waals surface area contributed by atoms with Gasteiger partial charge >= 0.3 is 6.09 Å². The number of likely N-dealkylation sites (tertiary alicyclic amines) is 1. The second kappa shape index (κ2) is 6.43. The molecule has 2 unspecified atom stereocenters. The van der Waals surface area contributed by atoms with Crippen LogP contribution >= 0.6 is 0 Å². The summed E-state index contributed by atoms with van der Waals surface area (Å²) in [5, 5.41) is 0. The summed E-state index contributed by atoms with van der Waals surface area (Å²) < 4.78 is 33.1. The van der Waals surface area contributed by atoms with Gasteiger partial charge in [-0.15, -0.1) is 0 Å². The summed E-state index contributed by atoms with van der Waals surface area (Å²) >= 11 is 0. The van der Waals surface area contributed by atoms with Crippen molar-refractivity contribution >= 4 is 6.09 Å². The lowest BCUT2D eigenvalue weighted by molar-refractivity contribution is 0.0286. The van der Waals surface area contributed by atoms with Gasteiger partial charge in [-0.05, 0) is 45.6 Å². The lowest BCUT2D eigenvalue weighted by Crippen LogP contribution is -2.36. The van der Waals surface area contributed by atoms with Gasteiger partial charge < -0.3 is 15.4 Å². The van der Waals surface area contributed by atoms with Crippen molar-refractivity contribution in [3.8, 4) is 0 Å². The third-order valence-corrected chi connectivity index (χ3v) is 4.05. The van der Waals surface area contributed by atoms with Crippen LogP contribution in [0.4, 0.5) is 13.6 Å². The molecule has 128 valence electrons. The first-order valence-electron chi connectivity index (χ1n) is 7.78. The van der Waals surface area contributed by atoms with Gasteiger partial charge in [-0.3, -0.25) is 0 Å². The fraction of sp³-hybridized carbons (Fsp3) is 0.588. The quantitative estimate of drug-likeness (QED) is 0.904. The molecule has 0 aromatic heterocycles. The number of ether oxygens (including phenoxy) is 1. The zero-order valence-electron chi connectivity index (χ0n) is 14.0. The van der Waals surface area contributed by atoms with E-state index in [1.807, 2.05) is 0 Å². The molecule has 1 aromatic rings. The highest BCUT2D eigenvalue weighted by molar-refractivity contribution is 5.68. The van der Waals surface area contributed by atoms with Gasteiger partial charge in [0.25, 0.3) is 0 Å². The maximum atomic E-state index is 14.1. The first kappa shape index (κ1) is 17.7. The molecule has 0 aliphatic carbocycles. The fourth-order valence-electron chi connectivity index (χ4n) is 2.75. The normalized spacial score (nSPS) is 19.8. The van der Waals surface area contributed by atoms with Crippen LogP contribution in [0.25, 0.3) is 0 Å². The molecule has 6 heteroatoms. The number of carbonyl (C=O) groups excluding carboxylic acids is 1. The van der Waals surface area contributed by atoms with Crippen molar-refractivity contribution in [3.63, 3.8) is 0 Å². The number of aryl methyl sites for hydroxylation is 1. The standard InChI is InChI=1S/C17H24F2N2O2/c1-10-5-6-12(14(19)13(10)18)15(20)11-7-8-21(9-11)16(22)23-17(2,3)4/h5-6,11,15H,7-9,20H2,1-4H3. The average Bonchev–Trinajstić information content (AvgIpc) is 2.92. The minimum absolute atomic E-state index is 0.126. The van der Waals surface area contributed by atoms with Crippen molar-refractivity contribution in [1.82, 2.24) is 4.90 Å². The van der Waals surface area contributed by atoms with Crippen LogP contribution in [0.15, 0.2) is 12.1 Å². The highest BCUT2D eigenvalue weighted by Crippen LogP contribution is 2.31. The summed E-state index contributed by atoms with van der Waals surface area (Å²) in [5.41, 5.74) is 5.97. The van der Waals surface area contributed by atoms with Crippen LogP contribution in [-0.4, -0.2) is 29.7 Å². The van der Waals surface area contributed by atoms with E-state index in [4.69, 9.17) is 10.5 Å². The van der Waals surface area contributed by atoms with Crippen molar-refractivity contribution in [3.05, 3.63) is 34.9 Å². The van der Waals surface area contributed by atoms with Crippen LogP contribution in [-0.2, 0) is 4.74 Å². The summed E-state index contributed by atoms with van der Waals surface area (Å²) in [6.45, 7) is 7.79. The highest BCUT2D eigenvalue weighted by Gasteiger charge is 2.34. The molecule has 0 bridgehead atoms. The molecule has 0 saturated carbocycles. The molecular weight excluding hydrogens is 302 g/mol. The number of halogens is 2. The molecular formula is C17H24F2N2O2. The Morgan fingerprint density at radius 1 is 1.35 bits per heavy atom. The number of benzene rings is 1. The minimum Gasteiger partial charge on any atom is -0.444 e. The number of hydrogen-bond acceptors (Lipinski definition) is 3. The Hall–Kier alpha value is -1.69. The predicted octanol–water partition coefficient (Wildman–Crippen LogP) is 3.53. The van der Waals surface area contributed by atoms with Crippen molar-refractivity contribution < 1.29 is 18.3 Å². The predicted molar refractivity (Wildman–Crippen MR) is 83.9 cm³/mol. The Morgan fingerprint density at radius 3 is 2.61 bits per heavy atom. The summed E-state index contributed by atoms with van der Waals surface area (Å²) in [4.78, 5) is 13.6. The number of amides is 1. The number of hydrogen-bond donors (Lipinski definition) is 1. The van der Waals surface area contributed by atoms with E-state index in [1.165, 1.54) is 19.1 Å². The van der Waals surface area contributed by atoms with Crippen LogP contribution in [0.3, 0.4) is 0 Å². The Labute approximate surface area is 135 Å². The van der Waals surface area contributed by atoms with E-state index >= 15 is 0 Å². The molecule has 4 nitrogen and oxygen atoms in total. The summed E-state index contributed by atoms with van der Waals surface area (Å²) in [6.07, 6.45) is 0.234. The van der Waals surface area contributed by atoms with Gasteiger partial charge in [-0.2, -0.15) is 0 Å². The van der Waals surface area contributed by atoms with Gasteiger partial charge in [0.2, 0.25) is 0 Å². The molecule has 2 N–H and O–H groups in total. The van der Waals surface area contributed by atoms with E-state index in [0.717, 1.165) is 0 Å². The number of nitrogens with two attached hydrogens (primary N) is 1. The van der Waals surface area contributed by atoms with Gasteiger partial charge in [0.05, 0.1) is 0 Å². The molecule has 0 spiro atoms. The zero-order valence-corrected chi connectivity index (χ0v) is 14.0. The number of carbonyl (C=O) groups is 1. The highest BCUT2D eigenvalue weighted by atomic mass is 19.2. The average molecular weight is 326 g/mol. The molecule has 1 amide bonds. The Bertz CT molecular complexity index is 599. The van der Waals surface area contributed by atoms with Crippen molar-refractivity contribution in [2.45, 2.75) is 45.8 Å². The van der Waals surface area contributed by atoms with E-state index in [1.54, 1.807) is 25.7 Å². The van der Waals surface area contributed by atoms with Crippen LogP contribution in [0.1, 0.15) is 44.4 Å². The van der Waals surface area contributed by atoms with Gasteiger partial charge in [-0.25, -0.2) is 13.6 Å². The second-order valence-corrected chi connectivity index (χ2v) is 7.10. The molecule has 0 radical (unpaired) electrons. The van der Waals surface area contributed by atoms with E-state index in [2.05, 4.69) is 0 Å². The summed E-state index contributed by atoms with van der Waals surface area (Å²) in [6, 6.07) is 2.39. The van der Waals surface area contributed by atoms with E-state index < -0.39 is 29.4 Å². The Kier molecular flexibility index (Phi) is 4.94. The molecule has 2 rings (SSSR count). The SMILES string of the molecule is Cc1ccc(C(N)C2CCN(C(=O)OC(C)(C)C)C2)c(F)c1F. The van der Waals surface area contributed by atoms with Gasteiger partial charge in [0.15, 0.2) is 11.6 Å². The van der Waals surface area contributed by atoms with Crippen LogP contribution in [0.5, 0.6) is 0 Å². The summed E-state index contributed by atoms with van der Waals surface area (Å²) in [5.74, 6) is -1.88. The lowest BCUT2D eigenvalue weighted by Gasteiger charge is -2.25. The van der Waals surface area contributed by atoms with Crippen LogP contribution < -0.4 is 5.73 Å². The second-order valence-electron chi connectivity index (χ2n) is 7.10. The van der Waals surface area contributed by atoms with Gasteiger partial charge in [0, 0.05) is 24.7 Å². The molecule has 1 aromatic carbocycles. The van der Waals surface area contributed by atoms with Crippen LogP contribution in [0.2, 0.25) is 0 Å². The van der Waals surface area contributed by atoms with Crippen LogP contribution in [0, 0.1) is 24.5 Å². The smallest absolute Gasteiger partial charge is 0.410 e. The minimum atomic E-state index is -0.895. The van der Waals surface area contributed by atoms with Crippen molar-refractivity contribution in [1.29, 1.82) is 0 Å². The first-order valence-corrected chi connectivity index (χ1v) is 7.78. The maximum absolute atomic E-state index is 14.1. The Morgan fingerprint density at radius 2 is 2.00 bits per heavy atom. The summed E-state index contributed by atoms with van der Waals surface area (Å²) in [7, 11) is 0. The van der Waals surface area contributed by atoms with Crippen molar-refractivity contribution in [2.75, 3.05) is 13.1 Å². The number of nitrogens with zero attached hydrogens (tertiary/aromatic N) is 1. The van der Waals surface area contributed by atoms with Gasteiger partial charge in [0.1, 0.15) is 5.60 Å². The molecule has 1 aliphatic rings. The van der Waals surface area contributed by atoms with Gasteiger partial charge in [-0.1, -0.05) is 12.1 Å². The van der Waals surface area contributed by atoms with E-state index in [9.17, 15) is 13.6 Å². The lowest BCUT2D eigenvalue weighted by atomic mass is 9.92. The fourth-order valence-corrected chi connectivity index (χ4v) is 2.75. The number of rotatable bonds is 2. The molecule has 1 fully saturated rings. The Balaban J connectivity index is 2.07. The molecule has 1 aliphatic heterocycles. The monoisotopic (exact) mass is 326 g/mol. The zero-order chi connectivity index (χ0) is 17.4. The molecule has 1 saturated heterocycles. The molecule has 1 heterocycles. The van der Waals surface area contributed by atoms with Crippen molar-refractivity contribution in [2.24, 2.45) is 11.7 Å². The van der Waals surface area contributed by atoms with E-state index in [0.29, 0.717) is 19.5 Å². The van der Waals surface area contributed by atoms with E-state index in [-0.39, 0.29) is 17.0 Å². The third-order valence-electron chi connectivity index (χ3n) is 4.05. The first-order chi connectivity index (χ1) is 10.6. The third kappa shape index (κ3) is 3.99. The topological polar surface area (TPSA) is 55.6 Å². The maximum Gasteiger partial charge on any atom is 0.410 e. The largest absolute Gasteiger partial charge is 0.444 e. The molecule has 23 heavy (non-hydrogen) atoms.